The molecule has 0 atom stereocenters. The Kier molecular flexibility index (Phi) is 2.77. The van der Waals surface area contributed by atoms with E-state index in [2.05, 4.69) is 55.5 Å². The van der Waals surface area contributed by atoms with Crippen molar-refractivity contribution in [2.45, 2.75) is 19.9 Å². The van der Waals surface area contributed by atoms with E-state index in [0.29, 0.717) is 6.54 Å². The largest absolute Gasteiger partial charge is 0.326 e. The molecule has 0 saturated carbocycles. The summed E-state index contributed by atoms with van der Waals surface area (Å²) in [6, 6.07) is 15.1. The van der Waals surface area contributed by atoms with E-state index in [1.807, 2.05) is 0 Å². The van der Waals surface area contributed by atoms with Crippen LogP contribution in [0.25, 0.3) is 5.57 Å². The van der Waals surface area contributed by atoms with Gasteiger partial charge in [0, 0.05) is 6.54 Å². The van der Waals surface area contributed by atoms with Gasteiger partial charge in [-0.2, -0.15) is 0 Å². The minimum absolute atomic E-state index is 0.592. The molecule has 0 aromatic heterocycles. The smallest absolute Gasteiger partial charge is 0.0184 e. The van der Waals surface area contributed by atoms with Gasteiger partial charge in [-0.15, -0.1) is 0 Å². The van der Waals surface area contributed by atoms with E-state index in [1.54, 1.807) is 0 Å². The van der Waals surface area contributed by atoms with Gasteiger partial charge in [0.2, 0.25) is 0 Å². The molecule has 90 valence electrons. The van der Waals surface area contributed by atoms with Crippen LogP contribution in [0.2, 0.25) is 0 Å². The number of aryl methyl sites for hydroxylation is 1. The zero-order valence-corrected chi connectivity index (χ0v) is 10.6. The summed E-state index contributed by atoms with van der Waals surface area (Å²) in [5.74, 6) is 0. The Morgan fingerprint density at radius 1 is 1.06 bits per heavy atom. The molecule has 0 aliphatic heterocycles. The third-order valence-corrected chi connectivity index (χ3v) is 3.61. The van der Waals surface area contributed by atoms with Gasteiger partial charge in [-0.05, 0) is 41.2 Å². The molecule has 2 N–H and O–H groups in total. The average molecular weight is 235 g/mol. The Morgan fingerprint density at radius 3 is 2.72 bits per heavy atom. The summed E-state index contributed by atoms with van der Waals surface area (Å²) in [4.78, 5) is 0. The van der Waals surface area contributed by atoms with E-state index in [0.717, 1.165) is 6.42 Å². The van der Waals surface area contributed by atoms with E-state index >= 15 is 0 Å². The molecule has 0 unspecified atom stereocenters. The maximum absolute atomic E-state index is 5.84. The van der Waals surface area contributed by atoms with Crippen molar-refractivity contribution in [2.75, 3.05) is 0 Å². The van der Waals surface area contributed by atoms with Gasteiger partial charge in [0.15, 0.2) is 0 Å². The van der Waals surface area contributed by atoms with E-state index in [4.69, 9.17) is 5.73 Å². The van der Waals surface area contributed by atoms with Crippen molar-refractivity contribution in [3.63, 3.8) is 0 Å². The lowest BCUT2D eigenvalue weighted by atomic mass is 9.94. The standard InChI is InChI=1S/C17H17N/c1-12-6-7-13-8-9-16(17(13)10-12)15-5-3-2-4-14(15)11-18/h2-7,9-10H,8,11,18H2,1H3. The summed E-state index contributed by atoms with van der Waals surface area (Å²) in [6.45, 7) is 2.74. The van der Waals surface area contributed by atoms with E-state index in [-0.39, 0.29) is 0 Å². The molecule has 0 saturated heterocycles. The van der Waals surface area contributed by atoms with Crippen LogP contribution >= 0.6 is 0 Å². The number of nitrogens with two attached hydrogens (primary N) is 1. The molecule has 0 spiro atoms. The second-order valence-electron chi connectivity index (χ2n) is 4.84. The van der Waals surface area contributed by atoms with Crippen LogP contribution in [0.15, 0.2) is 48.5 Å². The van der Waals surface area contributed by atoms with Gasteiger partial charge in [-0.3, -0.25) is 0 Å². The SMILES string of the molecule is Cc1ccc2c(c1)C(c1ccccc1CN)=CC2. The lowest BCUT2D eigenvalue weighted by molar-refractivity contribution is 1.06. The summed E-state index contributed by atoms with van der Waals surface area (Å²) in [5, 5.41) is 0. The van der Waals surface area contributed by atoms with Gasteiger partial charge < -0.3 is 5.73 Å². The molecule has 1 aliphatic carbocycles. The topological polar surface area (TPSA) is 26.0 Å². The summed E-state index contributed by atoms with van der Waals surface area (Å²) in [7, 11) is 0. The molecule has 1 aliphatic rings. The number of fused-ring (bicyclic) bond motifs is 1. The molecule has 1 nitrogen and oxygen atoms in total. The third kappa shape index (κ3) is 1.77. The van der Waals surface area contributed by atoms with Crippen molar-refractivity contribution in [1.29, 1.82) is 0 Å². The van der Waals surface area contributed by atoms with Gasteiger partial charge in [-0.1, -0.05) is 54.1 Å². The first-order chi connectivity index (χ1) is 8.79. The fraction of sp³-hybridized carbons (Fsp3) is 0.176. The third-order valence-electron chi connectivity index (χ3n) is 3.61. The molecule has 0 radical (unpaired) electrons. The van der Waals surface area contributed by atoms with Crippen molar-refractivity contribution in [3.05, 3.63) is 76.4 Å². The summed E-state index contributed by atoms with van der Waals surface area (Å²) in [6.07, 6.45) is 3.35. The molecular formula is C17H17N. The van der Waals surface area contributed by atoms with E-state index in [1.165, 1.54) is 33.4 Å². The average Bonchev–Trinajstić information content (AvgIpc) is 2.81. The highest BCUT2D eigenvalue weighted by Crippen LogP contribution is 2.34. The number of rotatable bonds is 2. The molecule has 2 aromatic rings. The first-order valence-corrected chi connectivity index (χ1v) is 6.38. The van der Waals surface area contributed by atoms with Gasteiger partial charge in [0.05, 0.1) is 0 Å². The Labute approximate surface area is 108 Å². The fourth-order valence-corrected chi connectivity index (χ4v) is 2.66. The number of hydrogen-bond acceptors (Lipinski definition) is 1. The second-order valence-corrected chi connectivity index (χ2v) is 4.84. The monoisotopic (exact) mass is 235 g/mol. The van der Waals surface area contributed by atoms with Crippen LogP contribution in [0.4, 0.5) is 0 Å². The number of allylic oxidation sites excluding steroid dienone is 1. The molecular weight excluding hydrogens is 218 g/mol. The maximum atomic E-state index is 5.84. The number of benzene rings is 2. The van der Waals surface area contributed by atoms with Gasteiger partial charge >= 0.3 is 0 Å². The molecule has 0 bridgehead atoms. The van der Waals surface area contributed by atoms with Crippen LogP contribution in [-0.2, 0) is 13.0 Å². The second kappa shape index (κ2) is 4.43. The van der Waals surface area contributed by atoms with Crippen molar-refractivity contribution in [2.24, 2.45) is 5.73 Å². The van der Waals surface area contributed by atoms with Crippen LogP contribution in [0, 0.1) is 6.92 Å². The molecule has 1 heteroatoms. The van der Waals surface area contributed by atoms with Crippen molar-refractivity contribution in [3.8, 4) is 0 Å². The summed E-state index contributed by atoms with van der Waals surface area (Å²) < 4.78 is 0. The van der Waals surface area contributed by atoms with Crippen molar-refractivity contribution < 1.29 is 0 Å². The highest BCUT2D eigenvalue weighted by atomic mass is 14.5. The molecule has 3 rings (SSSR count). The van der Waals surface area contributed by atoms with Gasteiger partial charge in [0.25, 0.3) is 0 Å². The quantitative estimate of drug-likeness (QED) is 0.847. The van der Waals surface area contributed by atoms with Crippen LogP contribution in [0.5, 0.6) is 0 Å². The predicted molar refractivity (Wildman–Crippen MR) is 76.3 cm³/mol. The summed E-state index contributed by atoms with van der Waals surface area (Å²) in [5.41, 5.74) is 13.8. The zero-order chi connectivity index (χ0) is 12.5. The highest BCUT2D eigenvalue weighted by Gasteiger charge is 2.17. The van der Waals surface area contributed by atoms with E-state index < -0.39 is 0 Å². The Morgan fingerprint density at radius 2 is 1.89 bits per heavy atom. The lowest BCUT2D eigenvalue weighted by Gasteiger charge is -2.11. The predicted octanol–water partition coefficient (Wildman–Crippen LogP) is 3.44. The Balaban J connectivity index is 2.14. The van der Waals surface area contributed by atoms with Crippen LogP contribution in [0.1, 0.15) is 27.8 Å². The highest BCUT2D eigenvalue weighted by molar-refractivity contribution is 5.86. The zero-order valence-electron chi connectivity index (χ0n) is 10.6. The first-order valence-electron chi connectivity index (χ1n) is 6.38. The molecule has 2 aromatic carbocycles. The molecule has 0 amide bonds. The van der Waals surface area contributed by atoms with Crippen molar-refractivity contribution in [1.82, 2.24) is 0 Å². The van der Waals surface area contributed by atoms with Crippen LogP contribution < -0.4 is 5.73 Å². The minimum atomic E-state index is 0.592. The van der Waals surface area contributed by atoms with Crippen molar-refractivity contribution >= 4 is 5.57 Å². The normalized spacial score (nSPS) is 13.3. The van der Waals surface area contributed by atoms with Gasteiger partial charge in [0.1, 0.15) is 0 Å². The Bertz CT molecular complexity index is 623. The minimum Gasteiger partial charge on any atom is -0.326 e. The Hall–Kier alpha value is -1.86. The lowest BCUT2D eigenvalue weighted by Crippen LogP contribution is -2.01. The van der Waals surface area contributed by atoms with E-state index in [9.17, 15) is 0 Å². The molecule has 18 heavy (non-hydrogen) atoms. The van der Waals surface area contributed by atoms with Crippen LogP contribution in [-0.4, -0.2) is 0 Å². The summed E-state index contributed by atoms with van der Waals surface area (Å²) >= 11 is 0. The maximum Gasteiger partial charge on any atom is 0.0184 e. The number of hydrogen-bond donors (Lipinski definition) is 1. The first kappa shape index (κ1) is 11.2. The molecule has 0 fully saturated rings. The van der Waals surface area contributed by atoms with Crippen LogP contribution in [0.3, 0.4) is 0 Å². The van der Waals surface area contributed by atoms with Gasteiger partial charge in [-0.25, -0.2) is 0 Å². The molecule has 0 heterocycles. The fourth-order valence-electron chi connectivity index (χ4n) is 2.66.